The van der Waals surface area contributed by atoms with Gasteiger partial charge in [0.2, 0.25) is 5.91 Å². The summed E-state index contributed by atoms with van der Waals surface area (Å²) in [4.78, 5) is 13.6. The van der Waals surface area contributed by atoms with E-state index in [1.165, 1.54) is 0 Å². The van der Waals surface area contributed by atoms with Crippen LogP contribution in [-0.2, 0) is 4.79 Å². The number of rotatable bonds is 3. The van der Waals surface area contributed by atoms with Crippen LogP contribution in [0.25, 0.3) is 0 Å². The second kappa shape index (κ2) is 4.94. The van der Waals surface area contributed by atoms with E-state index < -0.39 is 5.60 Å². The van der Waals surface area contributed by atoms with Crippen LogP contribution in [0.4, 0.5) is 0 Å². The Bertz CT molecular complexity index is 217. The van der Waals surface area contributed by atoms with Crippen LogP contribution in [0.2, 0.25) is 0 Å². The molecule has 0 spiro atoms. The van der Waals surface area contributed by atoms with E-state index in [0.717, 1.165) is 25.9 Å². The highest BCUT2D eigenvalue weighted by atomic mass is 16.3. The van der Waals surface area contributed by atoms with E-state index in [0.29, 0.717) is 6.54 Å². The first-order chi connectivity index (χ1) is 6.90. The Hall–Kier alpha value is -0.610. The number of hydrogen-bond acceptors (Lipinski definition) is 3. The van der Waals surface area contributed by atoms with E-state index >= 15 is 0 Å². The van der Waals surface area contributed by atoms with Gasteiger partial charge in [-0.2, -0.15) is 0 Å². The molecule has 1 aliphatic rings. The molecule has 1 rings (SSSR count). The maximum Gasteiger partial charge on any atom is 0.226 e. The van der Waals surface area contributed by atoms with Gasteiger partial charge in [0.15, 0.2) is 0 Å². The van der Waals surface area contributed by atoms with Crippen molar-refractivity contribution in [2.24, 2.45) is 5.92 Å². The highest BCUT2D eigenvalue weighted by Crippen LogP contribution is 2.14. The highest BCUT2D eigenvalue weighted by molar-refractivity contribution is 5.79. The first-order valence-electron chi connectivity index (χ1n) is 5.58. The largest absolute Gasteiger partial charge is 0.389 e. The zero-order chi connectivity index (χ0) is 11.5. The first kappa shape index (κ1) is 12.5. The van der Waals surface area contributed by atoms with Gasteiger partial charge in [-0.1, -0.05) is 0 Å². The summed E-state index contributed by atoms with van der Waals surface area (Å²) in [6.07, 6.45) is 2.02. The van der Waals surface area contributed by atoms with E-state index in [1.54, 1.807) is 25.8 Å². The fraction of sp³-hybridized carbons (Fsp3) is 0.909. The van der Waals surface area contributed by atoms with Crippen LogP contribution >= 0.6 is 0 Å². The fourth-order valence-electron chi connectivity index (χ4n) is 2.03. The van der Waals surface area contributed by atoms with E-state index in [4.69, 9.17) is 0 Å². The summed E-state index contributed by atoms with van der Waals surface area (Å²) in [5.41, 5.74) is -0.813. The molecule has 4 heteroatoms. The first-order valence-corrected chi connectivity index (χ1v) is 5.58. The lowest BCUT2D eigenvalue weighted by molar-refractivity contribution is -0.137. The fourth-order valence-corrected chi connectivity index (χ4v) is 2.03. The lowest BCUT2D eigenvalue weighted by atomic mass is 9.97. The standard InChI is InChI=1S/C11H22N2O2/c1-11(2,15)8-13(3)10(14)9-5-4-6-12-7-9/h9,12,15H,4-8H2,1-3H3. The smallest absolute Gasteiger partial charge is 0.226 e. The molecule has 0 aromatic heterocycles. The maximum atomic E-state index is 12.0. The molecule has 1 unspecified atom stereocenters. The Kier molecular flexibility index (Phi) is 4.11. The van der Waals surface area contributed by atoms with E-state index in [9.17, 15) is 9.90 Å². The lowest BCUT2D eigenvalue weighted by Gasteiger charge is -2.30. The van der Waals surface area contributed by atoms with Crippen molar-refractivity contribution >= 4 is 5.91 Å². The summed E-state index contributed by atoms with van der Waals surface area (Å²) in [6, 6.07) is 0. The van der Waals surface area contributed by atoms with Crippen LogP contribution in [0.3, 0.4) is 0 Å². The Morgan fingerprint density at radius 2 is 2.27 bits per heavy atom. The average Bonchev–Trinajstić information content (AvgIpc) is 2.15. The van der Waals surface area contributed by atoms with E-state index in [-0.39, 0.29) is 11.8 Å². The van der Waals surface area contributed by atoms with Crippen LogP contribution < -0.4 is 5.32 Å². The number of carbonyl (C=O) groups excluding carboxylic acids is 1. The van der Waals surface area contributed by atoms with Gasteiger partial charge in [-0.3, -0.25) is 4.79 Å². The van der Waals surface area contributed by atoms with Crippen molar-refractivity contribution in [2.45, 2.75) is 32.3 Å². The molecule has 0 aliphatic carbocycles. The predicted molar refractivity (Wildman–Crippen MR) is 59.5 cm³/mol. The lowest BCUT2D eigenvalue weighted by Crippen LogP contribution is -2.46. The Balaban J connectivity index is 2.44. The van der Waals surface area contributed by atoms with Crippen molar-refractivity contribution in [3.05, 3.63) is 0 Å². The molecule has 1 amide bonds. The number of piperidine rings is 1. The maximum absolute atomic E-state index is 12.0. The number of aliphatic hydroxyl groups is 1. The molecule has 15 heavy (non-hydrogen) atoms. The highest BCUT2D eigenvalue weighted by Gasteiger charge is 2.26. The van der Waals surface area contributed by atoms with E-state index in [2.05, 4.69) is 5.32 Å². The molecule has 0 aromatic rings. The molecule has 1 fully saturated rings. The molecule has 0 aromatic carbocycles. The van der Waals surface area contributed by atoms with Crippen molar-refractivity contribution in [1.29, 1.82) is 0 Å². The van der Waals surface area contributed by atoms with Gasteiger partial charge in [0, 0.05) is 20.1 Å². The third-order valence-corrected chi connectivity index (χ3v) is 2.65. The van der Waals surface area contributed by atoms with Crippen LogP contribution in [0.1, 0.15) is 26.7 Å². The van der Waals surface area contributed by atoms with Gasteiger partial charge in [0.05, 0.1) is 11.5 Å². The molecule has 0 saturated carbocycles. The normalized spacial score (nSPS) is 22.5. The SMILES string of the molecule is CN(CC(C)(C)O)C(=O)C1CCCNC1. The summed E-state index contributed by atoms with van der Waals surface area (Å²) in [7, 11) is 1.76. The summed E-state index contributed by atoms with van der Waals surface area (Å²) < 4.78 is 0. The molecule has 1 heterocycles. The van der Waals surface area contributed by atoms with E-state index in [1.807, 2.05) is 0 Å². The van der Waals surface area contributed by atoms with Crippen molar-refractivity contribution in [3.8, 4) is 0 Å². The second-order valence-corrected chi connectivity index (χ2v) is 5.05. The van der Waals surface area contributed by atoms with Gasteiger partial charge >= 0.3 is 0 Å². The zero-order valence-corrected chi connectivity index (χ0v) is 9.92. The molecule has 88 valence electrons. The number of amides is 1. The van der Waals surface area contributed by atoms with Gasteiger partial charge in [-0.25, -0.2) is 0 Å². The molecule has 1 atom stereocenters. The zero-order valence-electron chi connectivity index (χ0n) is 9.92. The van der Waals surface area contributed by atoms with Crippen LogP contribution in [0.15, 0.2) is 0 Å². The summed E-state index contributed by atoms with van der Waals surface area (Å²) in [5, 5.41) is 12.8. The summed E-state index contributed by atoms with van der Waals surface area (Å²) in [6.45, 7) is 5.61. The summed E-state index contributed by atoms with van der Waals surface area (Å²) >= 11 is 0. The molecule has 4 nitrogen and oxygen atoms in total. The van der Waals surface area contributed by atoms with Crippen LogP contribution in [0.5, 0.6) is 0 Å². The number of nitrogens with zero attached hydrogens (tertiary/aromatic N) is 1. The Labute approximate surface area is 91.6 Å². The van der Waals surface area contributed by atoms with Crippen molar-refractivity contribution < 1.29 is 9.90 Å². The van der Waals surface area contributed by atoms with Crippen LogP contribution in [0, 0.1) is 5.92 Å². The Morgan fingerprint density at radius 3 is 2.73 bits per heavy atom. The molecule has 1 aliphatic heterocycles. The number of nitrogens with one attached hydrogen (secondary N) is 1. The minimum absolute atomic E-state index is 0.0890. The predicted octanol–water partition coefficient (Wildman–Crippen LogP) is 0.215. The third-order valence-electron chi connectivity index (χ3n) is 2.65. The molecule has 0 radical (unpaired) electrons. The number of likely N-dealkylation sites (N-methyl/N-ethyl adjacent to an activating group) is 1. The number of hydrogen-bond donors (Lipinski definition) is 2. The van der Waals surface area contributed by atoms with Gasteiger partial charge in [0.1, 0.15) is 0 Å². The monoisotopic (exact) mass is 214 g/mol. The molecular formula is C11H22N2O2. The van der Waals surface area contributed by atoms with Gasteiger partial charge in [0.25, 0.3) is 0 Å². The molecule has 2 N–H and O–H groups in total. The minimum Gasteiger partial charge on any atom is -0.389 e. The van der Waals surface area contributed by atoms with Crippen molar-refractivity contribution in [2.75, 3.05) is 26.7 Å². The topological polar surface area (TPSA) is 52.6 Å². The van der Waals surface area contributed by atoms with Crippen LogP contribution in [-0.4, -0.2) is 48.2 Å². The number of carbonyl (C=O) groups is 1. The van der Waals surface area contributed by atoms with Crippen molar-refractivity contribution in [1.82, 2.24) is 10.2 Å². The minimum atomic E-state index is -0.813. The molecule has 1 saturated heterocycles. The molecule has 0 bridgehead atoms. The van der Waals surface area contributed by atoms with Crippen molar-refractivity contribution in [3.63, 3.8) is 0 Å². The summed E-state index contributed by atoms with van der Waals surface area (Å²) in [5.74, 6) is 0.232. The van der Waals surface area contributed by atoms with Gasteiger partial charge in [-0.05, 0) is 33.2 Å². The Morgan fingerprint density at radius 1 is 1.60 bits per heavy atom. The van der Waals surface area contributed by atoms with Gasteiger partial charge < -0.3 is 15.3 Å². The van der Waals surface area contributed by atoms with Gasteiger partial charge in [-0.15, -0.1) is 0 Å². The average molecular weight is 214 g/mol. The third kappa shape index (κ3) is 4.18. The molecular weight excluding hydrogens is 192 g/mol. The quantitative estimate of drug-likeness (QED) is 0.706. The second-order valence-electron chi connectivity index (χ2n) is 5.05.